The van der Waals surface area contributed by atoms with E-state index in [2.05, 4.69) is 36.9 Å². The monoisotopic (exact) mass is 272 g/mol. The van der Waals surface area contributed by atoms with E-state index in [9.17, 15) is 4.79 Å². The lowest BCUT2D eigenvalue weighted by Crippen LogP contribution is -2.20. The van der Waals surface area contributed by atoms with Gasteiger partial charge in [0.15, 0.2) is 11.4 Å². The number of thiazole rings is 1. The molecule has 0 unspecified atom stereocenters. The topological polar surface area (TPSA) is 33.2 Å². The minimum Gasteiger partial charge on any atom is -0.350 e. The van der Waals surface area contributed by atoms with Crippen LogP contribution < -0.4 is 4.90 Å². The molecule has 1 heterocycles. The number of aldehydes is 1. The smallest absolute Gasteiger partial charge is 0.185 e. The van der Waals surface area contributed by atoms with Gasteiger partial charge < -0.3 is 4.90 Å². The van der Waals surface area contributed by atoms with Crippen LogP contribution in [-0.4, -0.2) is 36.9 Å². The zero-order valence-corrected chi connectivity index (χ0v) is 12.7. The Kier molecular flexibility index (Phi) is 5.01. The lowest BCUT2D eigenvalue weighted by Gasteiger charge is -2.17. The highest BCUT2D eigenvalue weighted by molar-refractivity contribution is 7.98. The second kappa shape index (κ2) is 5.87. The molecule has 0 spiro atoms. The van der Waals surface area contributed by atoms with Gasteiger partial charge in [0, 0.05) is 24.8 Å². The highest BCUT2D eigenvalue weighted by Gasteiger charge is 2.23. The fraction of sp³-hybridized carbons (Fsp3) is 0.667. The van der Waals surface area contributed by atoms with E-state index >= 15 is 0 Å². The Balaban J connectivity index is 2.96. The summed E-state index contributed by atoms with van der Waals surface area (Å²) in [5, 5.41) is 0.936. The van der Waals surface area contributed by atoms with Gasteiger partial charge in [-0.1, -0.05) is 32.1 Å². The van der Waals surface area contributed by atoms with Gasteiger partial charge >= 0.3 is 0 Å². The zero-order valence-electron chi connectivity index (χ0n) is 11.1. The molecule has 0 aliphatic heterocycles. The normalized spacial score (nSPS) is 11.6. The minimum absolute atomic E-state index is 0.0780. The van der Waals surface area contributed by atoms with Gasteiger partial charge in [-0.25, -0.2) is 4.98 Å². The molecule has 0 aliphatic rings. The molecule has 0 fully saturated rings. The average Bonchev–Trinajstić information content (AvgIpc) is 2.69. The number of anilines is 1. The highest BCUT2D eigenvalue weighted by atomic mass is 32.2. The van der Waals surface area contributed by atoms with Gasteiger partial charge in [-0.3, -0.25) is 4.79 Å². The van der Waals surface area contributed by atoms with Gasteiger partial charge in [-0.2, -0.15) is 11.8 Å². The zero-order chi connectivity index (χ0) is 13.1. The van der Waals surface area contributed by atoms with E-state index in [4.69, 9.17) is 0 Å². The van der Waals surface area contributed by atoms with Crippen molar-refractivity contribution in [3.63, 3.8) is 0 Å². The molecule has 0 amide bonds. The molecule has 17 heavy (non-hydrogen) atoms. The third-order valence-electron chi connectivity index (χ3n) is 2.42. The first kappa shape index (κ1) is 14.5. The van der Waals surface area contributed by atoms with Crippen molar-refractivity contribution in [2.75, 3.05) is 30.5 Å². The van der Waals surface area contributed by atoms with Crippen molar-refractivity contribution >= 4 is 34.5 Å². The summed E-state index contributed by atoms with van der Waals surface area (Å²) < 4.78 is 0. The summed E-state index contributed by atoms with van der Waals surface area (Å²) >= 11 is 3.29. The SMILES string of the molecule is CSCCN(C)c1nc(C(C)(C)C)c(C=O)s1. The van der Waals surface area contributed by atoms with Gasteiger partial charge in [-0.15, -0.1) is 0 Å². The van der Waals surface area contributed by atoms with E-state index in [-0.39, 0.29) is 5.41 Å². The van der Waals surface area contributed by atoms with Crippen LogP contribution in [0, 0.1) is 0 Å². The molecule has 1 rings (SSSR count). The number of hydrogen-bond donors (Lipinski definition) is 0. The molecule has 3 nitrogen and oxygen atoms in total. The first-order chi connectivity index (χ1) is 7.90. The molecule has 0 saturated heterocycles. The molecule has 0 aliphatic carbocycles. The van der Waals surface area contributed by atoms with Crippen molar-refractivity contribution in [1.29, 1.82) is 0 Å². The summed E-state index contributed by atoms with van der Waals surface area (Å²) in [6, 6.07) is 0. The second-order valence-corrected chi connectivity index (χ2v) is 6.99. The molecule has 0 atom stereocenters. The molecular weight excluding hydrogens is 252 g/mol. The number of rotatable bonds is 5. The number of aromatic nitrogens is 1. The van der Waals surface area contributed by atoms with Crippen LogP contribution in [0.4, 0.5) is 5.13 Å². The maximum Gasteiger partial charge on any atom is 0.185 e. The van der Waals surface area contributed by atoms with Crippen LogP contribution in [0.3, 0.4) is 0 Å². The summed E-state index contributed by atoms with van der Waals surface area (Å²) in [7, 11) is 2.02. The first-order valence-electron chi connectivity index (χ1n) is 5.56. The van der Waals surface area contributed by atoms with Crippen LogP contribution in [0.15, 0.2) is 0 Å². The van der Waals surface area contributed by atoms with Crippen LogP contribution in [-0.2, 0) is 5.41 Å². The van der Waals surface area contributed by atoms with Crippen molar-refractivity contribution < 1.29 is 4.79 Å². The minimum atomic E-state index is -0.0780. The molecule has 0 bridgehead atoms. The quantitative estimate of drug-likeness (QED) is 0.771. The Bertz CT molecular complexity index is 382. The van der Waals surface area contributed by atoms with E-state index in [0.29, 0.717) is 0 Å². The summed E-state index contributed by atoms with van der Waals surface area (Å²) in [4.78, 5) is 18.5. The molecule has 0 radical (unpaired) electrons. The van der Waals surface area contributed by atoms with Crippen molar-refractivity contribution in [1.82, 2.24) is 4.98 Å². The Labute approximate surface area is 112 Å². The molecule has 1 aromatic heterocycles. The fourth-order valence-electron chi connectivity index (χ4n) is 1.42. The van der Waals surface area contributed by atoms with Crippen molar-refractivity contribution in [2.24, 2.45) is 0 Å². The Hall–Kier alpha value is -0.550. The van der Waals surface area contributed by atoms with E-state index in [1.165, 1.54) is 11.3 Å². The van der Waals surface area contributed by atoms with Crippen molar-refractivity contribution in [3.05, 3.63) is 10.6 Å². The van der Waals surface area contributed by atoms with Crippen LogP contribution in [0.1, 0.15) is 36.1 Å². The number of nitrogens with zero attached hydrogens (tertiary/aromatic N) is 2. The first-order valence-corrected chi connectivity index (χ1v) is 7.77. The van der Waals surface area contributed by atoms with Gasteiger partial charge in [0.1, 0.15) is 0 Å². The van der Waals surface area contributed by atoms with Gasteiger partial charge in [0.05, 0.1) is 10.6 Å². The lowest BCUT2D eigenvalue weighted by molar-refractivity contribution is 0.112. The Morgan fingerprint density at radius 1 is 1.47 bits per heavy atom. The largest absolute Gasteiger partial charge is 0.350 e. The third kappa shape index (κ3) is 3.71. The van der Waals surface area contributed by atoms with E-state index in [0.717, 1.165) is 34.3 Å². The number of carbonyl (C=O) groups excluding carboxylic acids is 1. The summed E-state index contributed by atoms with van der Waals surface area (Å²) in [6.45, 7) is 7.21. The van der Waals surface area contributed by atoms with Crippen LogP contribution in [0.25, 0.3) is 0 Å². The van der Waals surface area contributed by atoms with E-state index < -0.39 is 0 Å². The van der Waals surface area contributed by atoms with Gasteiger partial charge in [0.25, 0.3) is 0 Å². The highest BCUT2D eigenvalue weighted by Crippen LogP contribution is 2.32. The molecule has 0 saturated carbocycles. The molecule has 0 aromatic carbocycles. The molecule has 5 heteroatoms. The molecule has 1 aromatic rings. The van der Waals surface area contributed by atoms with Crippen molar-refractivity contribution in [3.8, 4) is 0 Å². The predicted molar refractivity (Wildman–Crippen MR) is 77.9 cm³/mol. The number of hydrogen-bond acceptors (Lipinski definition) is 5. The lowest BCUT2D eigenvalue weighted by atomic mass is 9.91. The van der Waals surface area contributed by atoms with Crippen LogP contribution in [0.2, 0.25) is 0 Å². The van der Waals surface area contributed by atoms with Gasteiger partial charge in [0.2, 0.25) is 0 Å². The standard InChI is InChI=1S/C12H20N2OS2/c1-12(2,3)10-9(8-15)17-11(13-10)14(4)6-7-16-5/h8H,6-7H2,1-5H3. The fourth-order valence-corrected chi connectivity index (χ4v) is 2.96. The van der Waals surface area contributed by atoms with Crippen molar-refractivity contribution in [2.45, 2.75) is 26.2 Å². The Morgan fingerprint density at radius 3 is 2.53 bits per heavy atom. The van der Waals surface area contributed by atoms with E-state index in [1.807, 2.05) is 18.8 Å². The molecule has 96 valence electrons. The average molecular weight is 272 g/mol. The number of thioether (sulfide) groups is 1. The molecular formula is C12H20N2OS2. The van der Waals surface area contributed by atoms with Crippen LogP contribution >= 0.6 is 23.1 Å². The summed E-state index contributed by atoms with van der Waals surface area (Å²) in [6.07, 6.45) is 3.01. The molecule has 0 N–H and O–H groups in total. The Morgan fingerprint density at radius 2 is 2.12 bits per heavy atom. The maximum absolute atomic E-state index is 11.1. The summed E-state index contributed by atoms with van der Waals surface area (Å²) in [5.41, 5.74) is 0.828. The van der Waals surface area contributed by atoms with Crippen LogP contribution in [0.5, 0.6) is 0 Å². The maximum atomic E-state index is 11.1. The van der Waals surface area contributed by atoms with E-state index in [1.54, 1.807) is 0 Å². The summed E-state index contributed by atoms with van der Waals surface area (Å²) in [5.74, 6) is 1.07. The third-order valence-corrected chi connectivity index (χ3v) is 4.10. The number of carbonyl (C=O) groups is 1. The predicted octanol–water partition coefficient (Wildman–Crippen LogP) is 3.05. The second-order valence-electron chi connectivity index (χ2n) is 4.99. The van der Waals surface area contributed by atoms with Gasteiger partial charge in [-0.05, 0) is 6.26 Å².